The molecule has 20 heavy (non-hydrogen) atoms. The van der Waals surface area contributed by atoms with Crippen LogP contribution in [-0.4, -0.2) is 22.6 Å². The zero-order valence-corrected chi connectivity index (χ0v) is 13.6. The number of rotatable bonds is 9. The fourth-order valence-electron chi connectivity index (χ4n) is 2.20. The highest BCUT2D eigenvalue weighted by atomic mass is 16.6. The first-order valence-corrected chi connectivity index (χ1v) is 7.60. The maximum Gasteiger partial charge on any atom is 0.307 e. The molecule has 0 aliphatic carbocycles. The minimum Gasteiger partial charge on any atom is -0.481 e. The van der Waals surface area contributed by atoms with E-state index in [1.165, 1.54) is 6.42 Å². The third kappa shape index (κ3) is 9.82. The van der Waals surface area contributed by atoms with Gasteiger partial charge < -0.3 is 9.84 Å². The Morgan fingerprint density at radius 2 is 1.80 bits per heavy atom. The molecular formula is C16H30O4. The molecule has 1 N–H and O–H groups in total. The summed E-state index contributed by atoms with van der Waals surface area (Å²) in [6.45, 7) is 9.56. The van der Waals surface area contributed by atoms with Gasteiger partial charge in [-0.3, -0.25) is 9.59 Å². The molecule has 0 unspecified atom stereocenters. The lowest BCUT2D eigenvalue weighted by molar-refractivity contribution is -0.160. The highest BCUT2D eigenvalue weighted by Gasteiger charge is 2.26. The maximum absolute atomic E-state index is 11.7. The van der Waals surface area contributed by atoms with Crippen molar-refractivity contribution in [2.75, 3.05) is 0 Å². The molecule has 0 aromatic rings. The van der Waals surface area contributed by atoms with E-state index in [1.54, 1.807) is 20.8 Å². The largest absolute Gasteiger partial charge is 0.481 e. The van der Waals surface area contributed by atoms with Crippen LogP contribution in [0, 0.1) is 11.8 Å². The molecule has 0 bridgehead atoms. The molecule has 0 spiro atoms. The lowest BCUT2D eigenvalue weighted by Crippen LogP contribution is -2.28. The van der Waals surface area contributed by atoms with Crippen LogP contribution in [0.3, 0.4) is 0 Å². The highest BCUT2D eigenvalue weighted by molar-refractivity contribution is 5.78. The van der Waals surface area contributed by atoms with Gasteiger partial charge in [-0.1, -0.05) is 39.5 Å². The monoisotopic (exact) mass is 286 g/mol. The lowest BCUT2D eigenvalue weighted by Gasteiger charge is -2.22. The summed E-state index contributed by atoms with van der Waals surface area (Å²) in [6, 6.07) is 0. The molecule has 118 valence electrons. The Morgan fingerprint density at radius 1 is 1.20 bits per heavy atom. The van der Waals surface area contributed by atoms with E-state index < -0.39 is 23.5 Å². The van der Waals surface area contributed by atoms with E-state index in [9.17, 15) is 14.7 Å². The SMILES string of the molecule is CCCCC[C@H](C)C[C@@H](CC(=O)OC(C)(C)C)C(=O)O. The summed E-state index contributed by atoms with van der Waals surface area (Å²) >= 11 is 0. The van der Waals surface area contributed by atoms with E-state index >= 15 is 0 Å². The second-order valence-corrected chi connectivity index (χ2v) is 6.66. The molecule has 0 radical (unpaired) electrons. The molecule has 0 aliphatic rings. The van der Waals surface area contributed by atoms with Gasteiger partial charge in [-0.25, -0.2) is 0 Å². The van der Waals surface area contributed by atoms with Gasteiger partial charge >= 0.3 is 11.9 Å². The Morgan fingerprint density at radius 3 is 2.25 bits per heavy atom. The number of unbranched alkanes of at least 4 members (excludes halogenated alkanes) is 2. The van der Waals surface area contributed by atoms with Crippen molar-refractivity contribution in [3.63, 3.8) is 0 Å². The topological polar surface area (TPSA) is 63.6 Å². The van der Waals surface area contributed by atoms with Crippen LogP contribution in [-0.2, 0) is 14.3 Å². The summed E-state index contributed by atoms with van der Waals surface area (Å²) < 4.78 is 5.20. The van der Waals surface area contributed by atoms with E-state index in [-0.39, 0.29) is 6.42 Å². The van der Waals surface area contributed by atoms with Crippen molar-refractivity contribution in [2.45, 2.75) is 78.7 Å². The molecule has 0 fully saturated rings. The second kappa shape index (κ2) is 8.98. The molecule has 0 aliphatic heterocycles. The first-order chi connectivity index (χ1) is 9.15. The Kier molecular flexibility index (Phi) is 8.51. The van der Waals surface area contributed by atoms with Crippen LogP contribution in [0.2, 0.25) is 0 Å². The van der Waals surface area contributed by atoms with Crippen molar-refractivity contribution in [3.8, 4) is 0 Å². The van der Waals surface area contributed by atoms with Crippen LogP contribution in [0.25, 0.3) is 0 Å². The Hall–Kier alpha value is -1.06. The van der Waals surface area contributed by atoms with E-state index in [0.717, 1.165) is 19.3 Å². The van der Waals surface area contributed by atoms with E-state index in [1.807, 2.05) is 0 Å². The molecule has 0 rings (SSSR count). The maximum atomic E-state index is 11.7. The van der Waals surface area contributed by atoms with Crippen LogP contribution in [0.4, 0.5) is 0 Å². The minimum absolute atomic E-state index is 0.0370. The second-order valence-electron chi connectivity index (χ2n) is 6.66. The van der Waals surface area contributed by atoms with Crippen LogP contribution in [0.15, 0.2) is 0 Å². The van der Waals surface area contributed by atoms with Crippen LogP contribution >= 0.6 is 0 Å². The quantitative estimate of drug-likeness (QED) is 0.513. The minimum atomic E-state index is -0.904. The van der Waals surface area contributed by atoms with Gasteiger partial charge in [0.1, 0.15) is 5.60 Å². The fourth-order valence-corrected chi connectivity index (χ4v) is 2.20. The summed E-state index contributed by atoms with van der Waals surface area (Å²) in [5.74, 6) is -1.64. The van der Waals surface area contributed by atoms with Gasteiger partial charge in [0, 0.05) is 0 Å². The number of carbonyl (C=O) groups is 2. The van der Waals surface area contributed by atoms with Crippen LogP contribution in [0.1, 0.15) is 73.1 Å². The summed E-state index contributed by atoms with van der Waals surface area (Å²) in [6.07, 6.45) is 4.98. The molecule has 0 heterocycles. The Balaban J connectivity index is 4.29. The Labute approximate surface area is 122 Å². The van der Waals surface area contributed by atoms with Crippen LogP contribution in [0.5, 0.6) is 0 Å². The molecule has 0 aromatic carbocycles. The average molecular weight is 286 g/mol. The normalized spacial score (nSPS) is 14.7. The first-order valence-electron chi connectivity index (χ1n) is 7.60. The highest BCUT2D eigenvalue weighted by Crippen LogP contribution is 2.22. The van der Waals surface area contributed by atoms with E-state index in [0.29, 0.717) is 12.3 Å². The molecule has 4 heteroatoms. The zero-order valence-electron chi connectivity index (χ0n) is 13.6. The number of hydrogen-bond acceptors (Lipinski definition) is 3. The van der Waals surface area contributed by atoms with Crippen molar-refractivity contribution in [1.29, 1.82) is 0 Å². The van der Waals surface area contributed by atoms with Crippen LogP contribution < -0.4 is 0 Å². The van der Waals surface area contributed by atoms with E-state index in [2.05, 4.69) is 13.8 Å². The van der Waals surface area contributed by atoms with Crippen molar-refractivity contribution in [1.82, 2.24) is 0 Å². The number of carbonyl (C=O) groups excluding carboxylic acids is 1. The van der Waals surface area contributed by atoms with Gasteiger partial charge in [0.25, 0.3) is 0 Å². The molecule has 0 amide bonds. The number of ether oxygens (including phenoxy) is 1. The summed E-state index contributed by atoms with van der Waals surface area (Å²) in [5.41, 5.74) is -0.563. The average Bonchev–Trinajstić information content (AvgIpc) is 2.25. The number of aliphatic carboxylic acids is 1. The summed E-state index contributed by atoms with van der Waals surface area (Å²) in [5, 5.41) is 9.23. The fraction of sp³-hybridized carbons (Fsp3) is 0.875. The number of carboxylic acids is 1. The van der Waals surface area contributed by atoms with Crippen molar-refractivity contribution >= 4 is 11.9 Å². The van der Waals surface area contributed by atoms with Crippen molar-refractivity contribution in [2.24, 2.45) is 11.8 Å². The predicted molar refractivity (Wildman–Crippen MR) is 79.5 cm³/mol. The van der Waals surface area contributed by atoms with Gasteiger partial charge in [0.15, 0.2) is 0 Å². The molecule has 0 saturated carbocycles. The zero-order chi connectivity index (χ0) is 15.8. The number of hydrogen-bond donors (Lipinski definition) is 1. The summed E-state index contributed by atoms with van der Waals surface area (Å²) in [7, 11) is 0. The molecule has 4 nitrogen and oxygen atoms in total. The van der Waals surface area contributed by atoms with Crippen molar-refractivity contribution in [3.05, 3.63) is 0 Å². The van der Waals surface area contributed by atoms with Gasteiger partial charge in [-0.05, 0) is 33.1 Å². The molecule has 0 aromatic heterocycles. The van der Waals surface area contributed by atoms with Gasteiger partial charge in [-0.15, -0.1) is 0 Å². The molecular weight excluding hydrogens is 256 g/mol. The summed E-state index contributed by atoms with van der Waals surface area (Å²) in [4.78, 5) is 23.0. The third-order valence-corrected chi connectivity index (χ3v) is 3.17. The predicted octanol–water partition coefficient (Wildman–Crippen LogP) is 4.03. The van der Waals surface area contributed by atoms with Gasteiger partial charge in [0.05, 0.1) is 12.3 Å². The van der Waals surface area contributed by atoms with Crippen molar-refractivity contribution < 1.29 is 19.4 Å². The third-order valence-electron chi connectivity index (χ3n) is 3.17. The number of esters is 1. The molecule has 0 saturated heterocycles. The Bertz CT molecular complexity index is 304. The lowest BCUT2D eigenvalue weighted by atomic mass is 9.90. The standard InChI is InChI=1S/C16H30O4/c1-6-7-8-9-12(2)10-13(15(18)19)11-14(17)20-16(3,4)5/h12-13H,6-11H2,1-5H3,(H,18,19)/t12-,13-/m0/s1. The van der Waals surface area contributed by atoms with Gasteiger partial charge in [-0.2, -0.15) is 0 Å². The van der Waals surface area contributed by atoms with Gasteiger partial charge in [0.2, 0.25) is 0 Å². The van der Waals surface area contributed by atoms with E-state index in [4.69, 9.17) is 4.74 Å². The number of carboxylic acid groups (broad SMARTS) is 1. The molecule has 2 atom stereocenters. The smallest absolute Gasteiger partial charge is 0.307 e. The first kappa shape index (κ1) is 18.9.